The molecule has 1 unspecified atom stereocenters. The van der Waals surface area contributed by atoms with Crippen molar-refractivity contribution in [3.63, 3.8) is 0 Å². The molecule has 2 N–H and O–H groups in total. The number of hydrogen-bond donors (Lipinski definition) is 2. The van der Waals surface area contributed by atoms with Crippen LogP contribution in [0, 0.1) is 0 Å². The van der Waals surface area contributed by atoms with Crippen molar-refractivity contribution in [2.75, 3.05) is 0 Å². The van der Waals surface area contributed by atoms with E-state index in [-0.39, 0.29) is 11.3 Å². The summed E-state index contributed by atoms with van der Waals surface area (Å²) in [6.07, 6.45) is 5.46. The van der Waals surface area contributed by atoms with Crippen molar-refractivity contribution in [1.82, 2.24) is 9.55 Å². The third-order valence-electron chi connectivity index (χ3n) is 3.09. The largest absolute Gasteiger partial charge is 0.478 e. The van der Waals surface area contributed by atoms with Gasteiger partial charge in [-0.25, -0.2) is 9.78 Å². The van der Waals surface area contributed by atoms with Gasteiger partial charge in [-0.1, -0.05) is 0 Å². The van der Waals surface area contributed by atoms with Crippen LogP contribution in [0.25, 0.3) is 0 Å². The van der Waals surface area contributed by atoms with Crippen LogP contribution < -0.4 is 0 Å². The third kappa shape index (κ3) is 1.70. The summed E-state index contributed by atoms with van der Waals surface area (Å²) in [4.78, 5) is 15.0. The van der Waals surface area contributed by atoms with Gasteiger partial charge in [-0.15, -0.1) is 0 Å². The predicted molar refractivity (Wildman–Crippen MR) is 60.2 cm³/mol. The lowest BCUT2D eigenvalue weighted by Gasteiger charge is -2.12. The summed E-state index contributed by atoms with van der Waals surface area (Å²) in [5.41, 5.74) is 0.543. The zero-order valence-corrected chi connectivity index (χ0v) is 9.48. The fourth-order valence-corrected chi connectivity index (χ4v) is 2.03. The molecule has 1 saturated carbocycles. The van der Waals surface area contributed by atoms with Crippen LogP contribution in [0.2, 0.25) is 0 Å². The Hall–Kier alpha value is -2.08. The summed E-state index contributed by atoms with van der Waals surface area (Å²) in [5, 5.41) is 19.2. The van der Waals surface area contributed by atoms with E-state index in [9.17, 15) is 9.90 Å². The maximum Gasteiger partial charge on any atom is 0.339 e. The average Bonchev–Trinajstić information content (AvgIpc) is 2.92. The lowest BCUT2D eigenvalue weighted by atomic mass is 10.1. The van der Waals surface area contributed by atoms with Gasteiger partial charge in [0.15, 0.2) is 11.9 Å². The standard InChI is InChI=1S/C12H12N2O4/c15-10(11-8(12(16)17)3-4-18-11)9-5-13-6-14(9)7-1-2-7/h3-7,10,15H,1-2H2,(H,16,17). The van der Waals surface area contributed by atoms with Gasteiger partial charge in [0.2, 0.25) is 0 Å². The molecule has 0 bridgehead atoms. The van der Waals surface area contributed by atoms with Gasteiger partial charge in [-0.2, -0.15) is 0 Å². The lowest BCUT2D eigenvalue weighted by Crippen LogP contribution is -2.10. The van der Waals surface area contributed by atoms with Crippen molar-refractivity contribution in [2.45, 2.75) is 25.0 Å². The summed E-state index contributed by atoms with van der Waals surface area (Å²) >= 11 is 0. The number of nitrogens with zero attached hydrogens (tertiary/aromatic N) is 2. The van der Waals surface area contributed by atoms with Crippen LogP contribution in [0.4, 0.5) is 0 Å². The fraction of sp³-hybridized carbons (Fsp3) is 0.333. The van der Waals surface area contributed by atoms with Gasteiger partial charge < -0.3 is 19.2 Å². The lowest BCUT2D eigenvalue weighted by molar-refractivity contribution is 0.0687. The summed E-state index contributed by atoms with van der Waals surface area (Å²) in [7, 11) is 0. The molecule has 0 aromatic carbocycles. The van der Waals surface area contributed by atoms with E-state index in [0.29, 0.717) is 11.7 Å². The smallest absolute Gasteiger partial charge is 0.339 e. The molecule has 0 amide bonds. The number of furan rings is 1. The highest BCUT2D eigenvalue weighted by molar-refractivity contribution is 5.88. The number of carboxylic acid groups (broad SMARTS) is 1. The van der Waals surface area contributed by atoms with Crippen molar-refractivity contribution >= 4 is 5.97 Å². The molecule has 18 heavy (non-hydrogen) atoms. The summed E-state index contributed by atoms with van der Waals surface area (Å²) in [6, 6.07) is 1.69. The molecule has 1 aliphatic carbocycles. The number of aliphatic hydroxyl groups is 1. The molecule has 94 valence electrons. The van der Waals surface area contributed by atoms with E-state index in [4.69, 9.17) is 9.52 Å². The second-order valence-electron chi connectivity index (χ2n) is 4.36. The second kappa shape index (κ2) is 3.99. The summed E-state index contributed by atoms with van der Waals surface area (Å²) in [6.45, 7) is 0. The van der Waals surface area contributed by atoms with E-state index in [1.54, 1.807) is 6.33 Å². The minimum absolute atomic E-state index is 0.0222. The van der Waals surface area contributed by atoms with Crippen LogP contribution in [-0.4, -0.2) is 25.7 Å². The number of aromatic carboxylic acids is 1. The monoisotopic (exact) mass is 248 g/mol. The Morgan fingerprint density at radius 2 is 2.33 bits per heavy atom. The van der Waals surface area contributed by atoms with Gasteiger partial charge >= 0.3 is 5.97 Å². The molecule has 0 saturated heterocycles. The van der Waals surface area contributed by atoms with E-state index >= 15 is 0 Å². The highest BCUT2D eigenvalue weighted by Gasteiger charge is 2.30. The molecule has 6 heteroatoms. The molecule has 2 heterocycles. The highest BCUT2D eigenvalue weighted by Crippen LogP contribution is 2.38. The zero-order chi connectivity index (χ0) is 12.7. The first-order chi connectivity index (χ1) is 8.68. The number of aliphatic hydroxyl groups excluding tert-OH is 1. The van der Waals surface area contributed by atoms with Crippen LogP contribution in [0.3, 0.4) is 0 Å². The molecule has 6 nitrogen and oxygen atoms in total. The molecule has 0 radical (unpaired) electrons. The number of rotatable bonds is 4. The van der Waals surface area contributed by atoms with Gasteiger partial charge in [-0.05, 0) is 18.9 Å². The Morgan fingerprint density at radius 3 is 3.00 bits per heavy atom. The van der Waals surface area contributed by atoms with Gasteiger partial charge in [0.1, 0.15) is 5.56 Å². The first-order valence-corrected chi connectivity index (χ1v) is 5.69. The molecule has 0 aliphatic heterocycles. The summed E-state index contributed by atoms with van der Waals surface area (Å²) in [5.74, 6) is -1.07. The molecule has 3 rings (SSSR count). The zero-order valence-electron chi connectivity index (χ0n) is 9.48. The highest BCUT2D eigenvalue weighted by atomic mass is 16.4. The van der Waals surface area contributed by atoms with Gasteiger partial charge in [0.05, 0.1) is 24.5 Å². The van der Waals surface area contributed by atoms with Crippen molar-refractivity contribution in [3.8, 4) is 0 Å². The molecule has 1 atom stereocenters. The topological polar surface area (TPSA) is 88.5 Å². The minimum atomic E-state index is -1.12. The predicted octanol–water partition coefficient (Wildman–Crippen LogP) is 1.59. The molecule has 2 aromatic rings. The van der Waals surface area contributed by atoms with Crippen molar-refractivity contribution in [3.05, 3.63) is 41.9 Å². The maximum absolute atomic E-state index is 11.0. The normalized spacial score (nSPS) is 16.7. The van der Waals surface area contributed by atoms with E-state index < -0.39 is 12.1 Å². The van der Waals surface area contributed by atoms with Crippen LogP contribution >= 0.6 is 0 Å². The molecule has 1 fully saturated rings. The minimum Gasteiger partial charge on any atom is -0.478 e. The number of hydrogen-bond acceptors (Lipinski definition) is 4. The van der Waals surface area contributed by atoms with Crippen LogP contribution in [0.15, 0.2) is 29.3 Å². The second-order valence-corrected chi connectivity index (χ2v) is 4.36. The molecule has 2 aromatic heterocycles. The summed E-state index contributed by atoms with van der Waals surface area (Å²) < 4.78 is 6.97. The Labute approximate surface area is 102 Å². The van der Waals surface area contributed by atoms with Crippen molar-refractivity contribution in [1.29, 1.82) is 0 Å². The van der Waals surface area contributed by atoms with Crippen LogP contribution in [0.1, 0.15) is 46.8 Å². The van der Waals surface area contributed by atoms with Crippen LogP contribution in [-0.2, 0) is 0 Å². The maximum atomic E-state index is 11.0. The number of imidazole rings is 1. The molecular weight excluding hydrogens is 236 g/mol. The van der Waals surface area contributed by atoms with E-state index in [2.05, 4.69) is 4.98 Å². The number of carbonyl (C=O) groups is 1. The molecule has 1 aliphatic rings. The Kier molecular flexibility index (Phi) is 2.45. The van der Waals surface area contributed by atoms with Crippen LogP contribution in [0.5, 0.6) is 0 Å². The van der Waals surface area contributed by atoms with E-state index in [1.807, 2.05) is 4.57 Å². The Morgan fingerprint density at radius 1 is 1.56 bits per heavy atom. The molecular formula is C12H12N2O4. The van der Waals surface area contributed by atoms with Gasteiger partial charge in [0.25, 0.3) is 0 Å². The average molecular weight is 248 g/mol. The Bertz CT molecular complexity index is 582. The van der Waals surface area contributed by atoms with E-state index in [1.165, 1.54) is 18.5 Å². The molecule has 0 spiro atoms. The quantitative estimate of drug-likeness (QED) is 0.857. The van der Waals surface area contributed by atoms with Gasteiger partial charge in [-0.3, -0.25) is 0 Å². The van der Waals surface area contributed by atoms with E-state index in [0.717, 1.165) is 12.8 Å². The van der Waals surface area contributed by atoms with Gasteiger partial charge in [0, 0.05) is 6.04 Å². The SMILES string of the molecule is O=C(O)c1ccoc1C(O)c1cncn1C1CC1. The Balaban J connectivity index is 1.98. The number of carboxylic acids is 1. The first kappa shape index (κ1) is 11.0. The van der Waals surface area contributed by atoms with Crippen molar-refractivity contribution in [2.24, 2.45) is 0 Å². The number of aromatic nitrogens is 2. The van der Waals surface area contributed by atoms with Crippen molar-refractivity contribution < 1.29 is 19.4 Å². The third-order valence-corrected chi connectivity index (χ3v) is 3.09. The fourth-order valence-electron chi connectivity index (χ4n) is 2.03. The first-order valence-electron chi connectivity index (χ1n) is 5.69.